The van der Waals surface area contributed by atoms with Gasteiger partial charge in [-0.3, -0.25) is 0 Å². The molecule has 2 N–H and O–H groups in total. The number of aliphatic hydroxyl groups excluding tert-OH is 1. The maximum absolute atomic E-state index is 11.8. The van der Waals surface area contributed by atoms with Crippen molar-refractivity contribution in [1.29, 1.82) is 0 Å². The molecule has 1 rings (SSSR count). The van der Waals surface area contributed by atoms with Gasteiger partial charge in [0, 0.05) is 7.11 Å². The molecule has 16 heavy (non-hydrogen) atoms. The largest absolute Gasteiger partial charge is 0.395 e. The quantitative estimate of drug-likeness (QED) is 0.806. The molecular formula is C8H12ClNO4S2. The molecule has 0 spiro atoms. The molecule has 0 aliphatic heterocycles. The van der Waals surface area contributed by atoms with Crippen LogP contribution in [0.3, 0.4) is 0 Å². The van der Waals surface area contributed by atoms with Gasteiger partial charge in [-0.05, 0) is 12.1 Å². The number of sulfonamides is 1. The average Bonchev–Trinajstić information content (AvgIpc) is 2.64. The van der Waals surface area contributed by atoms with E-state index in [4.69, 9.17) is 21.4 Å². The summed E-state index contributed by atoms with van der Waals surface area (Å²) in [5.41, 5.74) is 0. The molecule has 0 bridgehead atoms. The molecule has 1 atom stereocenters. The van der Waals surface area contributed by atoms with Crippen molar-refractivity contribution in [3.63, 3.8) is 0 Å². The van der Waals surface area contributed by atoms with Crippen molar-refractivity contribution in [2.24, 2.45) is 0 Å². The second-order valence-electron chi connectivity index (χ2n) is 3.01. The fourth-order valence-electron chi connectivity index (χ4n) is 1.04. The van der Waals surface area contributed by atoms with Crippen LogP contribution in [0.1, 0.15) is 0 Å². The minimum atomic E-state index is -3.63. The highest BCUT2D eigenvalue weighted by Crippen LogP contribution is 2.25. The lowest BCUT2D eigenvalue weighted by atomic mass is 10.4. The van der Waals surface area contributed by atoms with Gasteiger partial charge in [0.2, 0.25) is 0 Å². The van der Waals surface area contributed by atoms with E-state index in [1.165, 1.54) is 19.2 Å². The van der Waals surface area contributed by atoms with Crippen molar-refractivity contribution in [2.75, 3.05) is 20.3 Å². The van der Waals surface area contributed by atoms with E-state index in [1.54, 1.807) is 0 Å². The maximum Gasteiger partial charge on any atom is 0.250 e. The third-order valence-corrected chi connectivity index (χ3v) is 4.97. The van der Waals surface area contributed by atoms with Gasteiger partial charge in [-0.2, -0.15) is 0 Å². The van der Waals surface area contributed by atoms with Crippen LogP contribution in [0.4, 0.5) is 0 Å². The first kappa shape index (κ1) is 13.9. The first-order valence-electron chi connectivity index (χ1n) is 4.37. The molecule has 1 aromatic heterocycles. The van der Waals surface area contributed by atoms with Gasteiger partial charge in [-0.15, -0.1) is 11.3 Å². The third kappa shape index (κ3) is 3.69. The van der Waals surface area contributed by atoms with Crippen LogP contribution >= 0.6 is 22.9 Å². The molecule has 0 aliphatic rings. The van der Waals surface area contributed by atoms with E-state index in [0.29, 0.717) is 4.34 Å². The van der Waals surface area contributed by atoms with E-state index >= 15 is 0 Å². The van der Waals surface area contributed by atoms with Gasteiger partial charge in [0.15, 0.2) is 0 Å². The molecule has 1 heterocycles. The normalized spacial score (nSPS) is 13.9. The topological polar surface area (TPSA) is 75.6 Å². The lowest BCUT2D eigenvalue weighted by Gasteiger charge is -2.14. The zero-order valence-electron chi connectivity index (χ0n) is 8.51. The Labute approximate surface area is 103 Å². The molecule has 0 amide bonds. The van der Waals surface area contributed by atoms with Crippen molar-refractivity contribution in [2.45, 2.75) is 10.3 Å². The molecule has 0 saturated heterocycles. The van der Waals surface area contributed by atoms with Crippen molar-refractivity contribution >= 4 is 33.0 Å². The highest BCUT2D eigenvalue weighted by Gasteiger charge is 2.21. The SMILES string of the molecule is COCC(CO)NS(=O)(=O)c1ccc(Cl)s1. The Morgan fingerprint density at radius 3 is 2.75 bits per heavy atom. The van der Waals surface area contributed by atoms with E-state index in [-0.39, 0.29) is 17.4 Å². The number of halogens is 1. The lowest BCUT2D eigenvalue weighted by Crippen LogP contribution is -2.40. The predicted octanol–water partition coefficient (Wildman–Crippen LogP) is 0.687. The summed E-state index contributed by atoms with van der Waals surface area (Å²) in [5.74, 6) is 0. The number of hydrogen-bond acceptors (Lipinski definition) is 5. The molecule has 0 aromatic carbocycles. The molecule has 0 radical (unpaired) electrons. The summed E-state index contributed by atoms with van der Waals surface area (Å²) < 4.78 is 31.1. The summed E-state index contributed by atoms with van der Waals surface area (Å²) in [5, 5.41) is 8.94. The van der Waals surface area contributed by atoms with E-state index in [0.717, 1.165) is 11.3 Å². The summed E-state index contributed by atoms with van der Waals surface area (Å²) in [4.78, 5) is 0. The molecule has 1 aromatic rings. The van der Waals surface area contributed by atoms with Crippen LogP contribution < -0.4 is 4.72 Å². The molecule has 1 unspecified atom stereocenters. The van der Waals surface area contributed by atoms with Gasteiger partial charge in [-0.1, -0.05) is 11.6 Å². The van der Waals surface area contributed by atoms with Gasteiger partial charge in [0.25, 0.3) is 10.0 Å². The van der Waals surface area contributed by atoms with Crippen LogP contribution in [-0.4, -0.2) is 39.9 Å². The zero-order valence-corrected chi connectivity index (χ0v) is 10.9. The van der Waals surface area contributed by atoms with Crippen LogP contribution in [0, 0.1) is 0 Å². The molecular weight excluding hydrogens is 274 g/mol. The van der Waals surface area contributed by atoms with E-state index in [1.807, 2.05) is 0 Å². The lowest BCUT2D eigenvalue weighted by molar-refractivity contribution is 0.139. The van der Waals surface area contributed by atoms with Gasteiger partial charge in [0.1, 0.15) is 4.21 Å². The maximum atomic E-state index is 11.8. The van der Waals surface area contributed by atoms with Crippen LogP contribution in [0.5, 0.6) is 0 Å². The highest BCUT2D eigenvalue weighted by atomic mass is 35.5. The Morgan fingerprint density at radius 1 is 1.62 bits per heavy atom. The Bertz CT molecular complexity index is 431. The Hall–Kier alpha value is -0.180. The molecule has 0 aliphatic carbocycles. The van der Waals surface area contributed by atoms with Gasteiger partial charge in [0.05, 0.1) is 23.6 Å². The minimum Gasteiger partial charge on any atom is -0.395 e. The number of nitrogens with one attached hydrogen (secondary N) is 1. The van der Waals surface area contributed by atoms with E-state index in [9.17, 15) is 8.42 Å². The number of thiophene rings is 1. The summed E-state index contributed by atoms with van der Waals surface area (Å²) in [6.45, 7) is -0.221. The van der Waals surface area contributed by atoms with Crippen LogP contribution in [-0.2, 0) is 14.8 Å². The highest BCUT2D eigenvalue weighted by molar-refractivity contribution is 7.91. The van der Waals surface area contributed by atoms with Crippen molar-refractivity contribution < 1.29 is 18.3 Å². The van der Waals surface area contributed by atoms with Crippen molar-refractivity contribution in [3.8, 4) is 0 Å². The van der Waals surface area contributed by atoms with Gasteiger partial charge in [-0.25, -0.2) is 13.1 Å². The number of aliphatic hydroxyl groups is 1. The first-order valence-corrected chi connectivity index (χ1v) is 7.05. The first-order chi connectivity index (χ1) is 7.49. The number of ether oxygens (including phenoxy) is 1. The van der Waals surface area contributed by atoms with Crippen LogP contribution in [0.25, 0.3) is 0 Å². The monoisotopic (exact) mass is 285 g/mol. The Kier molecular flexibility index (Phi) is 5.16. The number of methoxy groups -OCH3 is 1. The minimum absolute atomic E-state index is 0.106. The zero-order chi connectivity index (χ0) is 12.2. The average molecular weight is 286 g/mol. The molecule has 0 saturated carbocycles. The standard InChI is InChI=1S/C8H12ClNO4S2/c1-14-5-6(4-11)10-16(12,13)8-3-2-7(9)15-8/h2-3,6,10-11H,4-5H2,1H3. The fraction of sp³-hybridized carbons (Fsp3) is 0.500. The summed E-state index contributed by atoms with van der Waals surface area (Å²) in [6, 6.07) is 2.26. The summed E-state index contributed by atoms with van der Waals surface area (Å²) in [7, 11) is -2.20. The summed E-state index contributed by atoms with van der Waals surface area (Å²) in [6.07, 6.45) is 0. The second kappa shape index (κ2) is 5.95. The smallest absolute Gasteiger partial charge is 0.250 e. The number of rotatable bonds is 6. The van der Waals surface area contributed by atoms with Gasteiger partial charge >= 0.3 is 0 Å². The van der Waals surface area contributed by atoms with E-state index < -0.39 is 16.1 Å². The van der Waals surface area contributed by atoms with Crippen LogP contribution in [0.15, 0.2) is 16.3 Å². The second-order valence-corrected chi connectivity index (χ2v) is 6.67. The molecule has 92 valence electrons. The Morgan fingerprint density at radius 2 is 2.31 bits per heavy atom. The molecule has 0 fully saturated rings. The predicted molar refractivity (Wildman–Crippen MR) is 62.4 cm³/mol. The Balaban J connectivity index is 2.78. The van der Waals surface area contributed by atoms with Gasteiger partial charge < -0.3 is 9.84 Å². The third-order valence-electron chi connectivity index (χ3n) is 1.72. The van der Waals surface area contributed by atoms with Crippen molar-refractivity contribution in [3.05, 3.63) is 16.5 Å². The van der Waals surface area contributed by atoms with Crippen LogP contribution in [0.2, 0.25) is 4.34 Å². The molecule has 8 heteroatoms. The number of hydrogen-bond donors (Lipinski definition) is 2. The summed E-state index contributed by atoms with van der Waals surface area (Å²) >= 11 is 6.61. The van der Waals surface area contributed by atoms with E-state index in [2.05, 4.69) is 4.72 Å². The fourth-order valence-corrected chi connectivity index (χ4v) is 3.76. The van der Waals surface area contributed by atoms with Crippen molar-refractivity contribution in [1.82, 2.24) is 4.72 Å². The molecule has 5 nitrogen and oxygen atoms in total.